The lowest BCUT2D eigenvalue weighted by atomic mass is 10.4. The average molecular weight is 284 g/mol. The predicted molar refractivity (Wildman–Crippen MR) is 57.9 cm³/mol. The maximum atomic E-state index is 11.9. The van der Waals surface area contributed by atoms with Crippen LogP contribution in [0.15, 0.2) is 23.4 Å². The van der Waals surface area contributed by atoms with E-state index in [1.807, 2.05) is 0 Å². The highest BCUT2D eigenvalue weighted by Gasteiger charge is 2.28. The van der Waals surface area contributed by atoms with Crippen molar-refractivity contribution in [3.63, 3.8) is 0 Å². The van der Waals surface area contributed by atoms with Crippen LogP contribution in [0.1, 0.15) is 6.42 Å². The second-order valence-electron chi connectivity index (χ2n) is 3.26. The molecule has 0 fully saturated rings. The van der Waals surface area contributed by atoms with Crippen LogP contribution in [-0.2, 0) is 10.0 Å². The van der Waals surface area contributed by atoms with Crippen molar-refractivity contribution >= 4 is 15.7 Å². The normalized spacial score (nSPS) is 12.4. The van der Waals surface area contributed by atoms with Crippen LogP contribution in [0.3, 0.4) is 0 Å². The van der Waals surface area contributed by atoms with E-state index in [1.54, 1.807) is 4.72 Å². The molecule has 18 heavy (non-hydrogen) atoms. The number of hydrazine groups is 1. The zero-order chi connectivity index (χ0) is 13.8. The number of sulfonamides is 1. The molecule has 0 aliphatic heterocycles. The number of nitrogens with zero attached hydrogens (tertiary/aromatic N) is 1. The maximum absolute atomic E-state index is 11.9. The van der Waals surface area contributed by atoms with Crippen molar-refractivity contribution in [3.05, 3.63) is 18.3 Å². The first kappa shape index (κ1) is 14.7. The van der Waals surface area contributed by atoms with E-state index < -0.39 is 34.2 Å². The molecule has 1 rings (SSSR count). The van der Waals surface area contributed by atoms with E-state index >= 15 is 0 Å². The molecule has 0 radical (unpaired) electrons. The van der Waals surface area contributed by atoms with Crippen molar-refractivity contribution in [1.29, 1.82) is 0 Å². The van der Waals surface area contributed by atoms with Crippen molar-refractivity contribution in [1.82, 2.24) is 9.71 Å². The Morgan fingerprint density at radius 1 is 1.39 bits per heavy atom. The number of hydrogen-bond acceptors (Lipinski definition) is 5. The first-order valence-corrected chi connectivity index (χ1v) is 6.22. The molecule has 0 unspecified atom stereocenters. The molecule has 0 saturated heterocycles. The van der Waals surface area contributed by atoms with Gasteiger partial charge in [0.05, 0.1) is 12.1 Å². The number of nitrogen functional groups attached to an aromatic ring is 1. The van der Waals surface area contributed by atoms with E-state index in [0.717, 1.165) is 0 Å². The Hall–Kier alpha value is -1.39. The Kier molecular flexibility index (Phi) is 4.48. The summed E-state index contributed by atoms with van der Waals surface area (Å²) in [6.07, 6.45) is -4.49. The van der Waals surface area contributed by atoms with Crippen molar-refractivity contribution < 1.29 is 21.6 Å². The largest absolute Gasteiger partial charge is 0.390 e. The van der Waals surface area contributed by atoms with Gasteiger partial charge in [0, 0.05) is 12.7 Å². The molecule has 0 saturated carbocycles. The number of halogens is 3. The smallest absolute Gasteiger partial charge is 0.321 e. The van der Waals surface area contributed by atoms with E-state index in [4.69, 9.17) is 5.84 Å². The predicted octanol–water partition coefficient (Wildman–Crippen LogP) is 0.598. The van der Waals surface area contributed by atoms with Gasteiger partial charge in [-0.25, -0.2) is 18.1 Å². The van der Waals surface area contributed by atoms with Gasteiger partial charge in [-0.15, -0.1) is 0 Å². The second kappa shape index (κ2) is 5.50. The van der Waals surface area contributed by atoms with E-state index in [1.165, 1.54) is 18.3 Å². The first-order valence-electron chi connectivity index (χ1n) is 4.74. The van der Waals surface area contributed by atoms with Crippen molar-refractivity contribution in [2.24, 2.45) is 5.84 Å². The highest BCUT2D eigenvalue weighted by Crippen LogP contribution is 2.20. The van der Waals surface area contributed by atoms with Gasteiger partial charge in [0.2, 0.25) is 0 Å². The minimum Gasteiger partial charge on any atom is -0.321 e. The highest BCUT2D eigenvalue weighted by molar-refractivity contribution is 7.89. The van der Waals surface area contributed by atoms with Gasteiger partial charge in [-0.3, -0.25) is 5.84 Å². The summed E-state index contributed by atoms with van der Waals surface area (Å²) in [6.45, 7) is -0.758. The lowest BCUT2D eigenvalue weighted by Gasteiger charge is -2.10. The summed E-state index contributed by atoms with van der Waals surface area (Å²) in [4.78, 5) is 3.56. The summed E-state index contributed by atoms with van der Waals surface area (Å²) in [5.74, 6) is 5.08. The minimum atomic E-state index is -4.43. The zero-order valence-electron chi connectivity index (χ0n) is 9.03. The average Bonchev–Trinajstić information content (AvgIpc) is 2.27. The lowest BCUT2D eigenvalue weighted by Crippen LogP contribution is -2.29. The van der Waals surface area contributed by atoms with Crippen LogP contribution in [0.4, 0.5) is 18.9 Å². The molecule has 102 valence electrons. The van der Waals surface area contributed by atoms with Gasteiger partial charge < -0.3 is 5.43 Å². The lowest BCUT2D eigenvalue weighted by molar-refractivity contribution is -0.132. The van der Waals surface area contributed by atoms with Crippen LogP contribution in [0.2, 0.25) is 0 Å². The van der Waals surface area contributed by atoms with Crippen molar-refractivity contribution in [2.75, 3.05) is 12.0 Å². The number of rotatable bonds is 5. The fourth-order valence-corrected chi connectivity index (χ4v) is 2.23. The fourth-order valence-electron chi connectivity index (χ4n) is 1.11. The summed E-state index contributed by atoms with van der Waals surface area (Å²) in [5.41, 5.74) is 2.10. The molecular formula is C8H11F3N4O2S. The Morgan fingerprint density at radius 3 is 2.61 bits per heavy atom. The Bertz CT molecular complexity index is 503. The topological polar surface area (TPSA) is 97.1 Å². The van der Waals surface area contributed by atoms with E-state index in [9.17, 15) is 21.6 Å². The van der Waals surface area contributed by atoms with Crippen LogP contribution in [0, 0.1) is 0 Å². The summed E-state index contributed by atoms with van der Waals surface area (Å²) in [7, 11) is -4.13. The van der Waals surface area contributed by atoms with Gasteiger partial charge in [0.1, 0.15) is 0 Å². The zero-order valence-corrected chi connectivity index (χ0v) is 9.85. The number of nitrogens with one attached hydrogen (secondary N) is 2. The molecule has 0 aliphatic rings. The standard InChI is InChI=1S/C8H11F3N4O2S/c9-8(10,11)3-5-14-18(16,17)7-6(15-12)2-1-4-13-7/h1-2,4,14-15H,3,5,12H2. The molecule has 10 heteroatoms. The molecule has 4 N–H and O–H groups in total. The van der Waals surface area contributed by atoms with E-state index in [2.05, 4.69) is 10.4 Å². The number of alkyl halides is 3. The van der Waals surface area contributed by atoms with Crippen LogP contribution >= 0.6 is 0 Å². The molecule has 0 atom stereocenters. The van der Waals surface area contributed by atoms with Gasteiger partial charge in [-0.1, -0.05) is 0 Å². The minimum absolute atomic E-state index is 0.00277. The first-order chi connectivity index (χ1) is 8.26. The monoisotopic (exact) mass is 284 g/mol. The third-order valence-electron chi connectivity index (χ3n) is 1.88. The molecule has 1 aromatic heterocycles. The summed E-state index contributed by atoms with van der Waals surface area (Å²) >= 11 is 0. The van der Waals surface area contributed by atoms with Gasteiger partial charge in [0.25, 0.3) is 10.0 Å². The molecule has 6 nitrogen and oxygen atoms in total. The molecule has 0 aliphatic carbocycles. The summed E-state index contributed by atoms with van der Waals surface area (Å²) in [6, 6.07) is 2.77. The van der Waals surface area contributed by atoms with Crippen molar-refractivity contribution in [2.45, 2.75) is 17.6 Å². The number of anilines is 1. The molecular weight excluding hydrogens is 273 g/mol. The van der Waals surface area contributed by atoms with Gasteiger partial charge in [-0.05, 0) is 12.1 Å². The number of aromatic nitrogens is 1. The molecule has 1 aromatic rings. The fraction of sp³-hybridized carbons (Fsp3) is 0.375. The maximum Gasteiger partial charge on any atom is 0.390 e. The summed E-state index contributed by atoms with van der Waals surface area (Å²) < 4.78 is 60.8. The van der Waals surface area contributed by atoms with Crippen molar-refractivity contribution in [3.8, 4) is 0 Å². The van der Waals surface area contributed by atoms with Gasteiger partial charge >= 0.3 is 6.18 Å². The van der Waals surface area contributed by atoms with E-state index in [0.29, 0.717) is 0 Å². The quantitative estimate of drug-likeness (QED) is 0.543. The van der Waals surface area contributed by atoms with Gasteiger partial charge in [0.15, 0.2) is 5.03 Å². The second-order valence-corrected chi connectivity index (χ2v) is 4.95. The molecule has 1 heterocycles. The molecule has 0 bridgehead atoms. The van der Waals surface area contributed by atoms with Crippen LogP contribution in [0.25, 0.3) is 0 Å². The Balaban J connectivity index is 2.81. The highest BCUT2D eigenvalue weighted by atomic mass is 32.2. The number of nitrogens with two attached hydrogens (primary N) is 1. The third kappa shape index (κ3) is 4.13. The molecule has 0 amide bonds. The van der Waals surface area contributed by atoms with Gasteiger partial charge in [-0.2, -0.15) is 13.2 Å². The number of pyridine rings is 1. The van der Waals surface area contributed by atoms with Crippen LogP contribution in [0.5, 0.6) is 0 Å². The SMILES string of the molecule is NNc1cccnc1S(=O)(=O)NCCC(F)(F)F. The Labute approximate surface area is 101 Å². The van der Waals surface area contributed by atoms with Crippen LogP contribution < -0.4 is 16.0 Å². The van der Waals surface area contributed by atoms with E-state index in [-0.39, 0.29) is 5.69 Å². The third-order valence-corrected chi connectivity index (χ3v) is 3.30. The Morgan fingerprint density at radius 2 is 2.06 bits per heavy atom. The number of hydrogen-bond donors (Lipinski definition) is 3. The molecule has 0 aromatic carbocycles. The summed E-state index contributed by atoms with van der Waals surface area (Å²) in [5, 5.41) is -0.449. The molecule has 0 spiro atoms. The van der Waals surface area contributed by atoms with Crippen LogP contribution in [-0.4, -0.2) is 26.1 Å².